The monoisotopic (exact) mass is 222 g/mol. The summed E-state index contributed by atoms with van der Waals surface area (Å²) in [5, 5.41) is 10.5. The minimum absolute atomic E-state index is 0.0229. The Labute approximate surface area is 93.3 Å². The molecule has 0 saturated heterocycles. The summed E-state index contributed by atoms with van der Waals surface area (Å²) >= 11 is 4.02. The van der Waals surface area contributed by atoms with E-state index in [2.05, 4.69) is 29.5 Å². The number of nitro groups is 1. The summed E-state index contributed by atoms with van der Waals surface area (Å²) in [4.78, 5) is 14.0. The summed E-state index contributed by atoms with van der Waals surface area (Å²) < 4.78 is 0. The zero-order valence-electron chi connectivity index (χ0n) is 8.23. The van der Waals surface area contributed by atoms with Crippen LogP contribution in [0.1, 0.15) is 17.7 Å². The van der Waals surface area contributed by atoms with Crippen LogP contribution < -0.4 is 0 Å². The zero-order valence-corrected chi connectivity index (χ0v) is 9.12. The first-order valence-electron chi connectivity index (χ1n) is 4.36. The van der Waals surface area contributed by atoms with Crippen LogP contribution in [0.3, 0.4) is 0 Å². The Morgan fingerprint density at radius 3 is 2.93 bits per heavy atom. The third-order valence-electron chi connectivity index (χ3n) is 1.73. The minimum atomic E-state index is -0.451. The lowest BCUT2D eigenvalue weighted by atomic mass is 10.2. The number of hydrogen-bond acceptors (Lipinski definition) is 4. The van der Waals surface area contributed by atoms with Gasteiger partial charge in [0.1, 0.15) is 11.9 Å². The maximum Gasteiger partial charge on any atom is 0.290 e. The summed E-state index contributed by atoms with van der Waals surface area (Å²) in [6.07, 6.45) is 1.92. The van der Waals surface area contributed by atoms with Crippen LogP contribution in [-0.4, -0.2) is 15.7 Å². The predicted molar refractivity (Wildman–Crippen MR) is 61.0 cm³/mol. The average molecular weight is 222 g/mol. The van der Waals surface area contributed by atoms with Gasteiger partial charge in [-0.05, 0) is 18.9 Å². The summed E-state index contributed by atoms with van der Waals surface area (Å²) in [5.41, 5.74) is 1.15. The number of aryl methyl sites for hydroxylation is 1. The van der Waals surface area contributed by atoms with Gasteiger partial charge in [0.05, 0.1) is 4.92 Å². The van der Waals surface area contributed by atoms with Crippen molar-refractivity contribution >= 4 is 18.3 Å². The average Bonchev–Trinajstić information content (AvgIpc) is 2.17. The van der Waals surface area contributed by atoms with Gasteiger partial charge >= 0.3 is 0 Å². The molecular formula is C10H10N2O2S. The molecule has 78 valence electrons. The number of hydrogen-bond donors (Lipinski definition) is 1. The summed E-state index contributed by atoms with van der Waals surface area (Å²) in [7, 11) is 0. The molecule has 15 heavy (non-hydrogen) atoms. The summed E-state index contributed by atoms with van der Waals surface area (Å²) in [5.74, 6) is 6.38. The third-order valence-corrected chi connectivity index (χ3v) is 1.96. The Bertz CT molecular complexity index is 435. The molecule has 0 bridgehead atoms. The molecule has 0 fully saturated rings. The van der Waals surface area contributed by atoms with Gasteiger partial charge in [0.2, 0.25) is 0 Å². The lowest BCUT2D eigenvalue weighted by Gasteiger charge is -1.95. The van der Waals surface area contributed by atoms with Crippen molar-refractivity contribution in [2.24, 2.45) is 0 Å². The van der Waals surface area contributed by atoms with Crippen molar-refractivity contribution in [3.8, 4) is 11.8 Å². The molecule has 0 aliphatic heterocycles. The lowest BCUT2D eigenvalue weighted by Crippen LogP contribution is -1.94. The standard InChI is InChI=1S/C10H10N2O2S/c1-8-6-9(4-2-3-5-15)11-7-10(8)12(13)14/h6-7,15H,3,5H2,1H3. The van der Waals surface area contributed by atoms with E-state index in [-0.39, 0.29) is 5.69 Å². The molecule has 0 radical (unpaired) electrons. The fourth-order valence-corrected chi connectivity index (χ4v) is 1.13. The highest BCUT2D eigenvalue weighted by molar-refractivity contribution is 7.80. The molecule has 0 saturated carbocycles. The molecule has 1 heterocycles. The fourth-order valence-electron chi connectivity index (χ4n) is 1.02. The molecule has 0 amide bonds. The van der Waals surface area contributed by atoms with Crippen LogP contribution in [0.25, 0.3) is 0 Å². The van der Waals surface area contributed by atoms with Crippen LogP contribution >= 0.6 is 12.6 Å². The van der Waals surface area contributed by atoms with Crippen molar-refractivity contribution in [1.29, 1.82) is 0 Å². The van der Waals surface area contributed by atoms with Gasteiger partial charge in [0.15, 0.2) is 0 Å². The maximum atomic E-state index is 10.5. The van der Waals surface area contributed by atoms with Gasteiger partial charge in [-0.1, -0.05) is 5.92 Å². The van der Waals surface area contributed by atoms with Crippen LogP contribution in [-0.2, 0) is 0 Å². The molecule has 5 heteroatoms. The summed E-state index contributed by atoms with van der Waals surface area (Å²) in [6, 6.07) is 1.61. The first-order chi connectivity index (χ1) is 7.15. The highest BCUT2D eigenvalue weighted by Gasteiger charge is 2.10. The number of pyridine rings is 1. The van der Waals surface area contributed by atoms with E-state index < -0.39 is 4.92 Å². The van der Waals surface area contributed by atoms with Crippen LogP contribution in [0.2, 0.25) is 0 Å². The van der Waals surface area contributed by atoms with Gasteiger partial charge in [0.25, 0.3) is 5.69 Å². The van der Waals surface area contributed by atoms with Gasteiger partial charge < -0.3 is 0 Å². The first-order valence-corrected chi connectivity index (χ1v) is 4.99. The van der Waals surface area contributed by atoms with Gasteiger partial charge in [-0.15, -0.1) is 0 Å². The molecular weight excluding hydrogens is 212 g/mol. The van der Waals surface area contributed by atoms with Crippen LogP contribution in [0.5, 0.6) is 0 Å². The van der Waals surface area contributed by atoms with Crippen molar-refractivity contribution in [2.75, 3.05) is 5.75 Å². The quantitative estimate of drug-likeness (QED) is 0.360. The second-order valence-corrected chi connectivity index (χ2v) is 3.34. The molecule has 1 aromatic heterocycles. The van der Waals surface area contributed by atoms with E-state index in [4.69, 9.17) is 0 Å². The van der Waals surface area contributed by atoms with E-state index in [0.717, 1.165) is 0 Å². The number of nitrogens with zero attached hydrogens (tertiary/aromatic N) is 2. The number of thiol groups is 1. The van der Waals surface area contributed by atoms with Crippen molar-refractivity contribution in [2.45, 2.75) is 13.3 Å². The highest BCUT2D eigenvalue weighted by atomic mass is 32.1. The molecule has 0 aliphatic carbocycles. The van der Waals surface area contributed by atoms with E-state index in [1.165, 1.54) is 6.20 Å². The molecule has 0 aliphatic rings. The van der Waals surface area contributed by atoms with E-state index in [0.29, 0.717) is 23.4 Å². The molecule has 1 aromatic rings. The summed E-state index contributed by atoms with van der Waals surface area (Å²) in [6.45, 7) is 1.67. The molecule has 0 spiro atoms. The second kappa shape index (κ2) is 5.37. The normalized spacial score (nSPS) is 9.20. The van der Waals surface area contributed by atoms with Crippen molar-refractivity contribution < 1.29 is 4.92 Å². The van der Waals surface area contributed by atoms with Crippen LogP contribution in [0, 0.1) is 28.9 Å². The third kappa shape index (κ3) is 3.26. The maximum absolute atomic E-state index is 10.5. The lowest BCUT2D eigenvalue weighted by molar-refractivity contribution is -0.385. The number of aromatic nitrogens is 1. The Kier molecular flexibility index (Phi) is 4.13. The fraction of sp³-hybridized carbons (Fsp3) is 0.300. The molecule has 0 unspecified atom stereocenters. The molecule has 4 nitrogen and oxygen atoms in total. The smallest absolute Gasteiger partial charge is 0.258 e. The molecule has 0 aromatic carbocycles. The Balaban J connectivity index is 2.93. The van der Waals surface area contributed by atoms with Gasteiger partial charge in [0, 0.05) is 17.7 Å². The largest absolute Gasteiger partial charge is 0.290 e. The van der Waals surface area contributed by atoms with Crippen molar-refractivity contribution in [3.63, 3.8) is 0 Å². The van der Waals surface area contributed by atoms with Gasteiger partial charge in [-0.2, -0.15) is 12.6 Å². The Morgan fingerprint density at radius 1 is 1.67 bits per heavy atom. The van der Waals surface area contributed by atoms with Gasteiger partial charge in [-0.25, -0.2) is 4.98 Å². The zero-order chi connectivity index (χ0) is 11.3. The van der Waals surface area contributed by atoms with Crippen molar-refractivity contribution in [1.82, 2.24) is 4.98 Å². The SMILES string of the molecule is Cc1cc(C#CCCS)ncc1[N+](=O)[O-]. The Hall–Kier alpha value is -1.54. The van der Waals surface area contributed by atoms with Gasteiger partial charge in [-0.3, -0.25) is 10.1 Å². The topological polar surface area (TPSA) is 56.0 Å². The number of rotatable bonds is 2. The van der Waals surface area contributed by atoms with E-state index >= 15 is 0 Å². The van der Waals surface area contributed by atoms with Crippen LogP contribution in [0.15, 0.2) is 12.3 Å². The first kappa shape index (κ1) is 11.5. The van der Waals surface area contributed by atoms with E-state index in [1.807, 2.05) is 0 Å². The van der Waals surface area contributed by atoms with Crippen molar-refractivity contribution in [3.05, 3.63) is 33.6 Å². The van der Waals surface area contributed by atoms with E-state index in [9.17, 15) is 10.1 Å². The van der Waals surface area contributed by atoms with E-state index in [1.54, 1.807) is 13.0 Å². The minimum Gasteiger partial charge on any atom is -0.258 e. The molecule has 0 N–H and O–H groups in total. The Morgan fingerprint density at radius 2 is 2.40 bits per heavy atom. The molecule has 1 rings (SSSR count). The molecule has 0 atom stereocenters. The highest BCUT2D eigenvalue weighted by Crippen LogP contribution is 2.15. The predicted octanol–water partition coefficient (Wildman–Crippen LogP) is 1.97. The second-order valence-electron chi connectivity index (χ2n) is 2.89. The van der Waals surface area contributed by atoms with Crippen LogP contribution in [0.4, 0.5) is 5.69 Å².